The second-order valence-electron chi connectivity index (χ2n) is 5.57. The molecule has 0 aromatic heterocycles. The number of carbonyl (C=O) groups is 2. The average molecular weight is 345 g/mol. The molecule has 1 amide bonds. The molecule has 5 nitrogen and oxygen atoms in total. The summed E-state index contributed by atoms with van der Waals surface area (Å²) in [5.74, 6) is -1.99. The Balaban J connectivity index is 1.69. The van der Waals surface area contributed by atoms with Crippen molar-refractivity contribution in [1.82, 2.24) is 0 Å². The van der Waals surface area contributed by atoms with E-state index >= 15 is 0 Å². The third-order valence-electron chi connectivity index (χ3n) is 3.48. The lowest BCUT2D eigenvalue weighted by Gasteiger charge is -2.08. The lowest BCUT2D eigenvalue weighted by molar-refractivity contribution is -0.136. The lowest BCUT2D eigenvalue weighted by atomic mass is 10.1. The zero-order chi connectivity index (χ0) is 18.1. The first-order valence-electron chi connectivity index (χ1n) is 7.96. The fourth-order valence-corrected chi connectivity index (χ4v) is 2.25. The third kappa shape index (κ3) is 6.73. The fraction of sp³-hybridized carbons (Fsp3) is 0.263. The van der Waals surface area contributed by atoms with Crippen molar-refractivity contribution < 1.29 is 23.8 Å². The molecule has 0 bridgehead atoms. The summed E-state index contributed by atoms with van der Waals surface area (Å²) in [6.45, 7) is 0.951. The average Bonchev–Trinajstić information content (AvgIpc) is 2.58. The molecule has 0 aliphatic heterocycles. The molecule has 0 unspecified atom stereocenters. The third-order valence-corrected chi connectivity index (χ3v) is 3.48. The van der Waals surface area contributed by atoms with Crippen molar-refractivity contribution >= 4 is 17.6 Å². The van der Waals surface area contributed by atoms with E-state index < -0.39 is 18.2 Å². The van der Waals surface area contributed by atoms with Crippen LogP contribution in [0.5, 0.6) is 0 Å². The molecule has 2 rings (SSSR count). The summed E-state index contributed by atoms with van der Waals surface area (Å²) in [5.41, 5.74) is 1.46. The van der Waals surface area contributed by atoms with Crippen LogP contribution in [0.1, 0.15) is 24.0 Å². The number of hydrogen-bond acceptors (Lipinski definition) is 3. The first-order chi connectivity index (χ1) is 12.0. The van der Waals surface area contributed by atoms with E-state index in [1.165, 1.54) is 12.1 Å². The summed E-state index contributed by atoms with van der Waals surface area (Å²) in [7, 11) is 0. The van der Waals surface area contributed by atoms with Crippen LogP contribution in [0.4, 0.5) is 10.1 Å². The van der Waals surface area contributed by atoms with Crippen LogP contribution in [0.3, 0.4) is 0 Å². The smallest absolute Gasteiger partial charge is 0.307 e. The maximum Gasteiger partial charge on any atom is 0.307 e. The van der Waals surface area contributed by atoms with Gasteiger partial charge in [0.2, 0.25) is 5.91 Å². The second-order valence-corrected chi connectivity index (χ2v) is 5.57. The monoisotopic (exact) mass is 345 g/mol. The number of aliphatic carboxylic acids is 1. The molecule has 0 saturated carbocycles. The van der Waals surface area contributed by atoms with E-state index in [2.05, 4.69) is 5.32 Å². The van der Waals surface area contributed by atoms with Crippen molar-refractivity contribution in [3.05, 3.63) is 65.5 Å². The van der Waals surface area contributed by atoms with Gasteiger partial charge >= 0.3 is 5.97 Å². The highest BCUT2D eigenvalue weighted by molar-refractivity contribution is 5.90. The molecule has 0 aliphatic rings. The van der Waals surface area contributed by atoms with Gasteiger partial charge < -0.3 is 15.2 Å². The number of anilines is 1. The second kappa shape index (κ2) is 9.54. The summed E-state index contributed by atoms with van der Waals surface area (Å²) in [4.78, 5) is 22.4. The van der Waals surface area contributed by atoms with Crippen molar-refractivity contribution in [1.29, 1.82) is 0 Å². The van der Waals surface area contributed by atoms with Gasteiger partial charge in [-0.25, -0.2) is 4.39 Å². The topological polar surface area (TPSA) is 75.6 Å². The van der Waals surface area contributed by atoms with E-state index in [1.54, 1.807) is 0 Å². The van der Waals surface area contributed by atoms with E-state index in [1.807, 2.05) is 30.3 Å². The van der Waals surface area contributed by atoms with Crippen LogP contribution in [0, 0.1) is 5.82 Å². The Morgan fingerprint density at radius 2 is 1.88 bits per heavy atom. The van der Waals surface area contributed by atoms with Gasteiger partial charge in [0, 0.05) is 18.7 Å². The lowest BCUT2D eigenvalue weighted by Crippen LogP contribution is -2.13. The Bertz CT molecular complexity index is 719. The Morgan fingerprint density at radius 1 is 1.12 bits per heavy atom. The van der Waals surface area contributed by atoms with Gasteiger partial charge in [-0.05, 0) is 29.7 Å². The molecule has 132 valence electrons. The minimum atomic E-state index is -1.11. The summed E-state index contributed by atoms with van der Waals surface area (Å²) >= 11 is 0. The molecule has 2 aromatic carbocycles. The van der Waals surface area contributed by atoms with Gasteiger partial charge in [0.25, 0.3) is 0 Å². The number of nitrogens with one attached hydrogen (secondary N) is 1. The van der Waals surface area contributed by atoms with Gasteiger partial charge in [-0.1, -0.05) is 36.4 Å². The largest absolute Gasteiger partial charge is 0.481 e. The SMILES string of the molecule is O=C(O)Cc1ccc(NC(=O)CCCOCc2ccccc2)cc1F. The fourth-order valence-electron chi connectivity index (χ4n) is 2.25. The number of carbonyl (C=O) groups excluding carboxylic acids is 1. The van der Waals surface area contributed by atoms with Gasteiger partial charge in [0.15, 0.2) is 0 Å². The zero-order valence-electron chi connectivity index (χ0n) is 13.7. The zero-order valence-corrected chi connectivity index (χ0v) is 13.7. The van der Waals surface area contributed by atoms with E-state index in [9.17, 15) is 14.0 Å². The number of carboxylic acids is 1. The predicted octanol–water partition coefficient (Wildman–Crippen LogP) is 3.39. The van der Waals surface area contributed by atoms with Crippen LogP contribution >= 0.6 is 0 Å². The first kappa shape index (κ1) is 18.6. The number of ether oxygens (including phenoxy) is 1. The number of carboxylic acid groups (broad SMARTS) is 1. The Hall–Kier alpha value is -2.73. The van der Waals surface area contributed by atoms with Crippen molar-refractivity contribution in [2.45, 2.75) is 25.9 Å². The van der Waals surface area contributed by atoms with Crippen molar-refractivity contribution in [2.24, 2.45) is 0 Å². The molecule has 0 radical (unpaired) electrons. The van der Waals surface area contributed by atoms with Gasteiger partial charge in [0.1, 0.15) is 5.82 Å². The van der Waals surface area contributed by atoms with Crippen LogP contribution in [0.15, 0.2) is 48.5 Å². The molecule has 25 heavy (non-hydrogen) atoms. The molecule has 0 saturated heterocycles. The number of hydrogen-bond donors (Lipinski definition) is 2. The van der Waals surface area contributed by atoms with E-state index in [-0.39, 0.29) is 17.9 Å². The molecule has 6 heteroatoms. The number of halogens is 1. The van der Waals surface area contributed by atoms with Crippen LogP contribution in [-0.4, -0.2) is 23.6 Å². The van der Waals surface area contributed by atoms with Gasteiger partial charge in [-0.15, -0.1) is 0 Å². The molecule has 2 aromatic rings. The van der Waals surface area contributed by atoms with Crippen LogP contribution in [-0.2, 0) is 27.4 Å². The number of rotatable bonds is 9. The highest BCUT2D eigenvalue weighted by Gasteiger charge is 2.09. The Labute approximate surface area is 145 Å². The molecule has 2 N–H and O–H groups in total. The van der Waals surface area contributed by atoms with E-state index in [0.717, 1.165) is 11.6 Å². The number of benzene rings is 2. The van der Waals surface area contributed by atoms with E-state index in [4.69, 9.17) is 9.84 Å². The molecular formula is C19H20FNO4. The minimum absolute atomic E-state index is 0.0832. The molecule has 0 aliphatic carbocycles. The van der Waals surface area contributed by atoms with Crippen molar-refractivity contribution in [2.75, 3.05) is 11.9 Å². The standard InChI is InChI=1S/C19H20FNO4/c20-17-12-16(9-8-15(17)11-19(23)24)21-18(22)7-4-10-25-13-14-5-2-1-3-6-14/h1-3,5-6,8-9,12H,4,7,10-11,13H2,(H,21,22)(H,23,24). The van der Waals surface area contributed by atoms with Gasteiger partial charge in [-0.3, -0.25) is 9.59 Å². The van der Waals surface area contributed by atoms with Crippen LogP contribution in [0.2, 0.25) is 0 Å². The maximum atomic E-state index is 13.7. The van der Waals surface area contributed by atoms with Crippen LogP contribution < -0.4 is 5.32 Å². The molecule has 0 spiro atoms. The minimum Gasteiger partial charge on any atom is -0.481 e. The van der Waals surface area contributed by atoms with Crippen molar-refractivity contribution in [3.63, 3.8) is 0 Å². The summed E-state index contributed by atoms with van der Waals surface area (Å²) in [5, 5.41) is 11.3. The van der Waals surface area contributed by atoms with E-state index in [0.29, 0.717) is 25.3 Å². The summed E-state index contributed by atoms with van der Waals surface area (Å²) < 4.78 is 19.2. The van der Waals surface area contributed by atoms with Crippen LogP contribution in [0.25, 0.3) is 0 Å². The molecule has 0 atom stereocenters. The highest BCUT2D eigenvalue weighted by Crippen LogP contribution is 2.15. The maximum absolute atomic E-state index is 13.7. The summed E-state index contributed by atoms with van der Waals surface area (Å²) in [6.07, 6.45) is 0.421. The highest BCUT2D eigenvalue weighted by atomic mass is 19.1. The van der Waals surface area contributed by atoms with Gasteiger partial charge in [0.05, 0.1) is 13.0 Å². The van der Waals surface area contributed by atoms with Gasteiger partial charge in [-0.2, -0.15) is 0 Å². The van der Waals surface area contributed by atoms with Crippen molar-refractivity contribution in [3.8, 4) is 0 Å². The Kier molecular flexibility index (Phi) is 7.10. The molecular weight excluding hydrogens is 325 g/mol. The molecule has 0 heterocycles. The first-order valence-corrected chi connectivity index (χ1v) is 7.96. The normalized spacial score (nSPS) is 10.4. The predicted molar refractivity (Wildman–Crippen MR) is 91.7 cm³/mol. The Morgan fingerprint density at radius 3 is 2.56 bits per heavy atom. The quantitative estimate of drug-likeness (QED) is 0.683. The number of amides is 1. The summed E-state index contributed by atoms with van der Waals surface area (Å²) in [6, 6.07) is 13.7. The molecule has 0 fully saturated rings.